The van der Waals surface area contributed by atoms with E-state index >= 15 is 0 Å². The van der Waals surface area contributed by atoms with Gasteiger partial charge in [0.25, 0.3) is 5.91 Å². The number of anilines is 1. The van der Waals surface area contributed by atoms with Crippen molar-refractivity contribution in [3.8, 4) is 11.3 Å². The number of hydrogen-bond acceptors (Lipinski definition) is 4. The minimum atomic E-state index is -0.263. The summed E-state index contributed by atoms with van der Waals surface area (Å²) in [4.78, 5) is 16.7. The average molecular weight is 304 g/mol. The number of carbonyl (C=O) groups excluding carboxylic acids is 1. The Hall–Kier alpha value is -3.41. The van der Waals surface area contributed by atoms with Gasteiger partial charge in [0.05, 0.1) is 24.4 Å². The molecule has 0 spiro atoms. The van der Waals surface area contributed by atoms with E-state index in [9.17, 15) is 4.79 Å². The zero-order chi connectivity index (χ0) is 15.6. The maximum atomic E-state index is 12.5. The summed E-state index contributed by atoms with van der Waals surface area (Å²) in [5, 5.41) is 7.31. The van der Waals surface area contributed by atoms with Gasteiger partial charge in [-0.05, 0) is 30.3 Å². The summed E-state index contributed by atoms with van der Waals surface area (Å²) >= 11 is 0. The number of hydrogen-bond donors (Lipinski definition) is 1. The lowest BCUT2D eigenvalue weighted by atomic mass is 10.2. The number of nitrogens with zero attached hydrogens (tertiary/aromatic N) is 3. The van der Waals surface area contributed by atoms with E-state index in [4.69, 9.17) is 4.42 Å². The molecule has 0 aliphatic carbocycles. The average Bonchev–Trinajstić information content (AvgIpc) is 3.25. The van der Waals surface area contributed by atoms with E-state index < -0.39 is 0 Å². The molecule has 0 bridgehead atoms. The van der Waals surface area contributed by atoms with E-state index in [1.807, 2.05) is 48.5 Å². The molecule has 1 N–H and O–H groups in total. The Morgan fingerprint density at radius 2 is 1.96 bits per heavy atom. The van der Waals surface area contributed by atoms with Crippen molar-refractivity contribution in [1.82, 2.24) is 14.6 Å². The van der Waals surface area contributed by atoms with Gasteiger partial charge >= 0.3 is 0 Å². The van der Waals surface area contributed by atoms with Gasteiger partial charge in [-0.15, -0.1) is 0 Å². The smallest absolute Gasteiger partial charge is 0.276 e. The van der Waals surface area contributed by atoms with E-state index in [2.05, 4.69) is 15.4 Å². The molecule has 3 aromatic heterocycles. The number of para-hydroxylation sites is 1. The molecular formula is C17H12N4O2. The number of furan rings is 1. The lowest BCUT2D eigenvalue weighted by molar-refractivity contribution is 0.102. The molecule has 112 valence electrons. The third-order valence-corrected chi connectivity index (χ3v) is 3.44. The van der Waals surface area contributed by atoms with Crippen LogP contribution < -0.4 is 5.32 Å². The Morgan fingerprint density at radius 3 is 2.74 bits per heavy atom. The molecule has 0 aliphatic heterocycles. The van der Waals surface area contributed by atoms with Crippen LogP contribution in [0.2, 0.25) is 0 Å². The second-order valence-electron chi connectivity index (χ2n) is 4.96. The number of benzene rings is 1. The molecule has 4 aromatic rings. The number of carbonyl (C=O) groups is 1. The summed E-state index contributed by atoms with van der Waals surface area (Å²) in [5.74, 6) is -0.263. The fourth-order valence-electron chi connectivity index (χ4n) is 2.31. The lowest BCUT2D eigenvalue weighted by Gasteiger charge is -2.05. The zero-order valence-electron chi connectivity index (χ0n) is 12.0. The second-order valence-corrected chi connectivity index (χ2v) is 4.96. The van der Waals surface area contributed by atoms with Gasteiger partial charge in [0.1, 0.15) is 0 Å². The number of amides is 1. The maximum absolute atomic E-state index is 12.5. The molecule has 3 heterocycles. The third kappa shape index (κ3) is 2.46. The van der Waals surface area contributed by atoms with Gasteiger partial charge in [0, 0.05) is 11.3 Å². The van der Waals surface area contributed by atoms with Crippen molar-refractivity contribution in [3.63, 3.8) is 0 Å². The van der Waals surface area contributed by atoms with Crippen molar-refractivity contribution in [2.75, 3.05) is 5.32 Å². The SMILES string of the molecule is O=C(Nc1ccccc1)c1cnc2ccc(-c3ccoc3)nn12. The molecular weight excluding hydrogens is 292 g/mol. The molecule has 23 heavy (non-hydrogen) atoms. The van der Waals surface area contributed by atoms with E-state index in [1.54, 1.807) is 12.5 Å². The first kappa shape index (κ1) is 13.3. The molecule has 0 fully saturated rings. The van der Waals surface area contributed by atoms with Gasteiger partial charge in [0.2, 0.25) is 0 Å². The lowest BCUT2D eigenvalue weighted by Crippen LogP contribution is -2.15. The summed E-state index contributed by atoms with van der Waals surface area (Å²) in [7, 11) is 0. The van der Waals surface area contributed by atoms with E-state index in [1.165, 1.54) is 10.7 Å². The standard InChI is InChI=1S/C17H12N4O2/c22-17(19-13-4-2-1-3-5-13)15-10-18-16-7-6-14(20-21(15)16)12-8-9-23-11-12/h1-11H,(H,19,22). The third-order valence-electron chi connectivity index (χ3n) is 3.44. The molecule has 0 radical (unpaired) electrons. The van der Waals surface area contributed by atoms with Crippen molar-refractivity contribution in [2.45, 2.75) is 0 Å². The molecule has 0 saturated carbocycles. The largest absolute Gasteiger partial charge is 0.472 e. The molecule has 6 heteroatoms. The van der Waals surface area contributed by atoms with Crippen LogP contribution >= 0.6 is 0 Å². The van der Waals surface area contributed by atoms with Crippen molar-refractivity contribution in [3.05, 3.63) is 72.9 Å². The second kappa shape index (κ2) is 5.42. The highest BCUT2D eigenvalue weighted by atomic mass is 16.3. The van der Waals surface area contributed by atoms with Crippen LogP contribution in [-0.2, 0) is 0 Å². The van der Waals surface area contributed by atoms with Gasteiger partial charge in [0.15, 0.2) is 11.3 Å². The molecule has 0 saturated heterocycles. The minimum Gasteiger partial charge on any atom is -0.472 e. The summed E-state index contributed by atoms with van der Waals surface area (Å²) in [6.45, 7) is 0. The first-order valence-corrected chi connectivity index (χ1v) is 7.05. The predicted octanol–water partition coefficient (Wildman–Crippen LogP) is 3.24. The Balaban J connectivity index is 1.72. The predicted molar refractivity (Wildman–Crippen MR) is 85.1 cm³/mol. The van der Waals surface area contributed by atoms with E-state index in [-0.39, 0.29) is 5.91 Å². The van der Waals surface area contributed by atoms with Crippen LogP contribution in [0.15, 0.2) is 71.7 Å². The van der Waals surface area contributed by atoms with Crippen LogP contribution in [0.25, 0.3) is 16.9 Å². The number of nitrogens with one attached hydrogen (secondary N) is 1. The fraction of sp³-hybridized carbons (Fsp3) is 0. The highest BCUT2D eigenvalue weighted by Crippen LogP contribution is 2.18. The van der Waals surface area contributed by atoms with Gasteiger partial charge in [-0.3, -0.25) is 4.79 Å². The van der Waals surface area contributed by atoms with Crippen LogP contribution in [0.5, 0.6) is 0 Å². The van der Waals surface area contributed by atoms with Crippen LogP contribution in [0.3, 0.4) is 0 Å². The molecule has 0 atom stereocenters. The first-order valence-electron chi connectivity index (χ1n) is 7.05. The van der Waals surface area contributed by atoms with Crippen molar-refractivity contribution in [2.24, 2.45) is 0 Å². The van der Waals surface area contributed by atoms with E-state index in [0.717, 1.165) is 11.3 Å². The molecule has 4 rings (SSSR count). The number of aromatic nitrogens is 3. The van der Waals surface area contributed by atoms with Crippen LogP contribution in [0.1, 0.15) is 10.5 Å². The monoisotopic (exact) mass is 304 g/mol. The zero-order valence-corrected chi connectivity index (χ0v) is 12.0. The maximum Gasteiger partial charge on any atom is 0.276 e. The molecule has 1 amide bonds. The number of rotatable bonds is 3. The van der Waals surface area contributed by atoms with Gasteiger partial charge in [-0.1, -0.05) is 18.2 Å². The van der Waals surface area contributed by atoms with Crippen LogP contribution in [0, 0.1) is 0 Å². The minimum absolute atomic E-state index is 0.263. The Labute approximate surface area is 131 Å². The van der Waals surface area contributed by atoms with Crippen molar-refractivity contribution >= 4 is 17.2 Å². The number of fused-ring (bicyclic) bond motifs is 1. The van der Waals surface area contributed by atoms with Crippen molar-refractivity contribution in [1.29, 1.82) is 0 Å². The Kier molecular flexibility index (Phi) is 3.12. The molecule has 0 unspecified atom stereocenters. The number of imidazole rings is 1. The molecule has 1 aromatic carbocycles. The van der Waals surface area contributed by atoms with E-state index in [0.29, 0.717) is 17.0 Å². The topological polar surface area (TPSA) is 72.4 Å². The molecule has 6 nitrogen and oxygen atoms in total. The van der Waals surface area contributed by atoms with Gasteiger partial charge in [-0.2, -0.15) is 5.10 Å². The summed E-state index contributed by atoms with van der Waals surface area (Å²) in [6.07, 6.45) is 4.70. The molecule has 0 aliphatic rings. The van der Waals surface area contributed by atoms with Crippen LogP contribution in [0.4, 0.5) is 5.69 Å². The highest BCUT2D eigenvalue weighted by Gasteiger charge is 2.14. The summed E-state index contributed by atoms with van der Waals surface area (Å²) in [6, 6.07) is 14.7. The van der Waals surface area contributed by atoms with Crippen molar-refractivity contribution < 1.29 is 9.21 Å². The Bertz CT molecular complexity index is 959. The normalized spacial score (nSPS) is 10.8. The van der Waals surface area contributed by atoms with Crippen LogP contribution in [-0.4, -0.2) is 20.5 Å². The fourth-order valence-corrected chi connectivity index (χ4v) is 2.31. The summed E-state index contributed by atoms with van der Waals surface area (Å²) < 4.78 is 6.60. The quantitative estimate of drug-likeness (QED) is 0.630. The van der Waals surface area contributed by atoms with Gasteiger partial charge < -0.3 is 9.73 Å². The summed E-state index contributed by atoms with van der Waals surface area (Å²) in [5.41, 5.74) is 3.25. The first-order chi connectivity index (χ1) is 11.3. The highest BCUT2D eigenvalue weighted by molar-refractivity contribution is 6.03. The van der Waals surface area contributed by atoms with Gasteiger partial charge in [-0.25, -0.2) is 9.50 Å². The Morgan fingerprint density at radius 1 is 1.09 bits per heavy atom.